The summed E-state index contributed by atoms with van der Waals surface area (Å²) in [7, 11) is -11.6. The van der Waals surface area contributed by atoms with E-state index in [1.165, 1.54) is 83.0 Å². The van der Waals surface area contributed by atoms with Crippen molar-refractivity contribution in [3.8, 4) is 0 Å². The first-order valence-corrected chi connectivity index (χ1v) is 36.6. The molecule has 0 saturated carbocycles. The van der Waals surface area contributed by atoms with Gasteiger partial charge in [0.15, 0.2) is 32.3 Å². The maximum absolute atomic E-state index is 3.03. The number of benzene rings is 13. The zero-order chi connectivity index (χ0) is 55.1. The Kier molecular flexibility index (Phi) is 14.7. The van der Waals surface area contributed by atoms with Crippen molar-refractivity contribution >= 4 is 115 Å². The zero-order valence-electron chi connectivity index (χ0n) is 45.8. The molecule has 0 aliphatic rings. The van der Waals surface area contributed by atoms with Gasteiger partial charge in [-0.15, -0.1) is 0 Å². The Morgan fingerprint density at radius 3 is 0.244 bits per heavy atom. The number of hydrogen-bond acceptors (Lipinski definition) is 0. The molecular formula is C78H62Si4. The molecule has 0 heterocycles. The summed E-state index contributed by atoms with van der Waals surface area (Å²) in [5.41, 5.74) is 0. The summed E-state index contributed by atoms with van der Waals surface area (Å²) in [5, 5.41) is 21.8. The molecule has 0 aliphatic carbocycles. The van der Waals surface area contributed by atoms with E-state index in [-0.39, 0.29) is 0 Å². The Morgan fingerprint density at radius 2 is 0.159 bits per heavy atom. The summed E-state index contributed by atoms with van der Waals surface area (Å²) < 4.78 is 0. The Balaban J connectivity index is 1.03. The van der Waals surface area contributed by atoms with Crippen molar-refractivity contribution < 1.29 is 0 Å². The van der Waals surface area contributed by atoms with Gasteiger partial charge in [0, 0.05) is 0 Å². The first-order chi connectivity index (χ1) is 40.7. The van der Waals surface area contributed by atoms with Gasteiger partial charge in [-0.05, 0) is 83.0 Å². The average molecular weight is 1110 g/mol. The van der Waals surface area contributed by atoms with Gasteiger partial charge in [-0.25, -0.2) is 0 Å². The quantitative estimate of drug-likeness (QED) is 0.0711. The van der Waals surface area contributed by atoms with Crippen molar-refractivity contribution in [1.82, 2.24) is 0 Å². The van der Waals surface area contributed by atoms with E-state index >= 15 is 0 Å². The molecule has 13 aromatic rings. The molecule has 0 saturated heterocycles. The normalized spacial score (nSPS) is 11.9. The number of rotatable bonds is 16. The Labute approximate surface area is 488 Å². The highest BCUT2D eigenvalue weighted by molar-refractivity contribution is 7.22. The second-order valence-electron chi connectivity index (χ2n) is 21.4. The van der Waals surface area contributed by atoms with Gasteiger partial charge in [-0.3, -0.25) is 0 Å². The fourth-order valence-corrected chi connectivity index (χ4v) is 32.7. The predicted octanol–water partition coefficient (Wildman–Crippen LogP) is 7.20. The highest BCUT2D eigenvalue weighted by Crippen LogP contribution is 2.17. The highest BCUT2D eigenvalue weighted by atomic mass is 28.3. The van der Waals surface area contributed by atoms with Crippen molar-refractivity contribution in [2.75, 3.05) is 0 Å². The molecule has 4 heteroatoms. The van der Waals surface area contributed by atoms with Crippen molar-refractivity contribution in [3.63, 3.8) is 0 Å². The van der Waals surface area contributed by atoms with E-state index in [0.29, 0.717) is 0 Å². The van der Waals surface area contributed by atoms with E-state index in [4.69, 9.17) is 0 Å². The van der Waals surface area contributed by atoms with Crippen LogP contribution in [-0.4, -0.2) is 32.3 Å². The van der Waals surface area contributed by atoms with E-state index in [1.54, 1.807) is 0 Å². The van der Waals surface area contributed by atoms with Crippen LogP contribution in [0.1, 0.15) is 0 Å². The van der Waals surface area contributed by atoms with Crippen molar-refractivity contribution in [2.24, 2.45) is 0 Å². The molecule has 0 atom stereocenters. The minimum absolute atomic E-state index is 1.35. The van der Waals surface area contributed by atoms with Gasteiger partial charge in [-0.1, -0.05) is 376 Å². The largest absolute Gasteiger partial charge is 0.179 e. The van der Waals surface area contributed by atoms with E-state index in [1.807, 2.05) is 0 Å². The van der Waals surface area contributed by atoms with E-state index in [2.05, 4.69) is 376 Å². The van der Waals surface area contributed by atoms with Crippen LogP contribution >= 0.6 is 0 Å². The second kappa shape index (κ2) is 23.1. The molecule has 0 N–H and O–H groups in total. The van der Waals surface area contributed by atoms with Crippen LogP contribution in [-0.2, 0) is 0 Å². The van der Waals surface area contributed by atoms with Crippen LogP contribution in [0.25, 0.3) is 0 Å². The third kappa shape index (κ3) is 8.89. The van der Waals surface area contributed by atoms with Crippen LogP contribution in [0, 0.1) is 0 Å². The lowest BCUT2D eigenvalue weighted by atomic mass is 10.3. The Hall–Kier alpha value is -9.27. The third-order valence-corrected chi connectivity index (χ3v) is 36.5. The summed E-state index contributed by atoms with van der Waals surface area (Å²) in [5.74, 6) is 0. The lowest BCUT2D eigenvalue weighted by Crippen LogP contribution is -2.77. The summed E-state index contributed by atoms with van der Waals surface area (Å²) in [4.78, 5) is 0. The highest BCUT2D eigenvalue weighted by Gasteiger charge is 2.47. The molecule has 0 unspecified atom stereocenters. The van der Waals surface area contributed by atoms with Gasteiger partial charge in [0.25, 0.3) is 0 Å². The van der Waals surface area contributed by atoms with E-state index in [9.17, 15) is 0 Å². The van der Waals surface area contributed by atoms with Crippen molar-refractivity contribution in [1.29, 1.82) is 0 Å². The first kappa shape index (κ1) is 52.1. The summed E-state index contributed by atoms with van der Waals surface area (Å²) in [6.07, 6.45) is 0. The summed E-state index contributed by atoms with van der Waals surface area (Å²) in [6.45, 7) is 0. The van der Waals surface area contributed by atoms with Crippen LogP contribution in [0.4, 0.5) is 0 Å². The molecule has 390 valence electrons. The van der Waals surface area contributed by atoms with Gasteiger partial charge in [0.1, 0.15) is 0 Å². The lowest BCUT2D eigenvalue weighted by Gasteiger charge is -2.38. The lowest BCUT2D eigenvalue weighted by molar-refractivity contribution is 1.65. The van der Waals surface area contributed by atoms with Gasteiger partial charge in [0.2, 0.25) is 0 Å². The first-order valence-electron chi connectivity index (χ1n) is 28.6. The molecule has 13 rings (SSSR count). The molecule has 0 aromatic heterocycles. The van der Waals surface area contributed by atoms with Crippen LogP contribution < -0.4 is 83.0 Å². The fraction of sp³-hybridized carbons (Fsp3) is 0. The monoisotopic (exact) mass is 1110 g/mol. The van der Waals surface area contributed by atoms with Gasteiger partial charge < -0.3 is 0 Å². The van der Waals surface area contributed by atoms with Gasteiger partial charge >= 0.3 is 0 Å². The minimum atomic E-state index is -3.03. The van der Waals surface area contributed by atoms with Crippen LogP contribution in [0.5, 0.6) is 0 Å². The van der Waals surface area contributed by atoms with Gasteiger partial charge in [-0.2, -0.15) is 0 Å². The van der Waals surface area contributed by atoms with Crippen molar-refractivity contribution in [2.45, 2.75) is 0 Å². The number of hydrogen-bond donors (Lipinski definition) is 0. The fourth-order valence-electron chi connectivity index (χ4n) is 13.8. The van der Waals surface area contributed by atoms with Crippen LogP contribution in [0.2, 0.25) is 0 Å². The SMILES string of the molecule is c1ccc([Si](c2ccccc2)(c2ccccc2)c2ccc([Si](c3ccccc3)(c3ccccc3)c3ccc([Si](c4ccccc4)(c4ccccc4)c4ccc([Si](c5ccccc5)(c5ccccc5)c5ccccc5)cc4)cc3)cc2)cc1. The molecule has 0 spiro atoms. The maximum Gasteiger partial charge on any atom is 0.179 e. The van der Waals surface area contributed by atoms with Crippen LogP contribution in [0.3, 0.4) is 0 Å². The maximum atomic E-state index is 2.52. The minimum Gasteiger partial charge on any atom is -0.0623 e. The van der Waals surface area contributed by atoms with E-state index < -0.39 is 32.3 Å². The topological polar surface area (TPSA) is 0 Å². The second-order valence-corrected chi connectivity index (χ2v) is 36.6. The molecule has 0 aliphatic heterocycles. The molecule has 0 radical (unpaired) electrons. The molecule has 82 heavy (non-hydrogen) atoms. The van der Waals surface area contributed by atoms with Crippen molar-refractivity contribution in [3.05, 3.63) is 376 Å². The molecule has 0 amide bonds. The summed E-state index contributed by atoms with van der Waals surface area (Å²) in [6, 6.07) is 143. The summed E-state index contributed by atoms with van der Waals surface area (Å²) >= 11 is 0. The zero-order valence-corrected chi connectivity index (χ0v) is 49.8. The Bertz CT molecular complexity index is 3570. The standard InChI is InChI=1S/C78H62Si4/c1-11-31-63(32-12-1)79(64-33-13-2-14-34-64,65-35-15-3-16-36-65)73-51-55-75(56-52-73)81(69-43-23-7-24-44-69,70-45-25-8-26-46-70)77-59-61-78(62-60-77)82(71-47-27-9-28-48-71,72-49-29-10-30-50-72)76-57-53-74(54-58-76)80(66-37-17-4-18-38-66,67-39-19-5-20-40-67)68-41-21-6-22-42-68/h1-62H. The molecule has 0 bridgehead atoms. The smallest absolute Gasteiger partial charge is 0.0623 e. The third-order valence-electron chi connectivity index (χ3n) is 17.3. The molecule has 0 nitrogen and oxygen atoms in total. The molecular weight excluding hydrogens is 1050 g/mol. The van der Waals surface area contributed by atoms with Crippen LogP contribution in [0.15, 0.2) is 376 Å². The van der Waals surface area contributed by atoms with E-state index in [0.717, 1.165) is 0 Å². The van der Waals surface area contributed by atoms with Gasteiger partial charge in [0.05, 0.1) is 0 Å². The molecule has 0 fully saturated rings. The Morgan fingerprint density at radius 1 is 0.0854 bits per heavy atom. The predicted molar refractivity (Wildman–Crippen MR) is 361 cm³/mol. The molecule has 13 aromatic carbocycles. The average Bonchev–Trinajstić information content (AvgIpc) is 3.45.